The lowest BCUT2D eigenvalue weighted by molar-refractivity contribution is 0.0123. The number of allylic oxidation sites excluding steroid dienone is 4. The average molecular weight is 360 g/mol. The summed E-state index contributed by atoms with van der Waals surface area (Å²) in [7, 11) is -4.47. The summed E-state index contributed by atoms with van der Waals surface area (Å²) in [5.74, 6) is -2.90. The highest BCUT2D eigenvalue weighted by molar-refractivity contribution is 8.09. The zero-order valence-corrected chi connectivity index (χ0v) is 13.5. The number of nitrogens with zero attached hydrogens (tertiary/aromatic N) is 1. The molecular formula is C12H13Cl2F2NO3S. The fourth-order valence-corrected chi connectivity index (χ4v) is 4.59. The molecule has 1 aliphatic heterocycles. The Balaban J connectivity index is 2.39. The first-order chi connectivity index (χ1) is 9.49. The summed E-state index contributed by atoms with van der Waals surface area (Å²) in [5.41, 5.74) is -0.845. The van der Waals surface area contributed by atoms with E-state index in [0.29, 0.717) is 0 Å². The SMILES string of the molecule is CC1(C)CC(S(=O)(=O)C(Cl)(Cl)C2C(F)=CC=CC2F)=NO1. The van der Waals surface area contributed by atoms with Crippen LogP contribution in [-0.4, -0.2) is 28.9 Å². The van der Waals surface area contributed by atoms with Crippen molar-refractivity contribution in [1.29, 1.82) is 0 Å². The van der Waals surface area contributed by atoms with Crippen LogP contribution >= 0.6 is 23.2 Å². The van der Waals surface area contributed by atoms with Crippen molar-refractivity contribution in [2.24, 2.45) is 11.1 Å². The van der Waals surface area contributed by atoms with Gasteiger partial charge in [-0.05, 0) is 26.0 Å². The normalized spacial score (nSPS) is 28.9. The highest BCUT2D eigenvalue weighted by atomic mass is 35.5. The molecular weight excluding hydrogens is 347 g/mol. The van der Waals surface area contributed by atoms with E-state index in [2.05, 4.69) is 5.16 Å². The lowest BCUT2D eigenvalue weighted by Crippen LogP contribution is -2.44. The third-order valence-corrected chi connectivity index (χ3v) is 6.67. The number of hydrogen-bond acceptors (Lipinski definition) is 4. The molecule has 2 unspecified atom stereocenters. The van der Waals surface area contributed by atoms with Crippen LogP contribution in [-0.2, 0) is 14.7 Å². The molecule has 21 heavy (non-hydrogen) atoms. The fraction of sp³-hybridized carbons (Fsp3) is 0.583. The van der Waals surface area contributed by atoms with Gasteiger partial charge in [0.15, 0.2) is 5.04 Å². The van der Waals surface area contributed by atoms with E-state index in [1.54, 1.807) is 13.8 Å². The Morgan fingerprint density at radius 2 is 2.10 bits per heavy atom. The van der Waals surface area contributed by atoms with Crippen molar-refractivity contribution in [2.75, 3.05) is 0 Å². The second-order valence-electron chi connectivity index (χ2n) is 5.44. The average Bonchev–Trinajstić information content (AvgIpc) is 2.69. The van der Waals surface area contributed by atoms with Crippen molar-refractivity contribution in [2.45, 2.75) is 35.7 Å². The molecule has 2 aliphatic rings. The quantitative estimate of drug-likeness (QED) is 0.709. The van der Waals surface area contributed by atoms with Gasteiger partial charge in [-0.2, -0.15) is 0 Å². The zero-order chi connectivity index (χ0) is 16.1. The van der Waals surface area contributed by atoms with E-state index in [4.69, 9.17) is 28.0 Å². The van der Waals surface area contributed by atoms with E-state index < -0.39 is 42.1 Å². The number of hydrogen-bond donors (Lipinski definition) is 0. The van der Waals surface area contributed by atoms with Gasteiger partial charge in [0.05, 0.1) is 5.92 Å². The Kier molecular flexibility index (Phi) is 4.14. The third kappa shape index (κ3) is 2.83. The van der Waals surface area contributed by atoms with Crippen LogP contribution in [0.15, 0.2) is 29.2 Å². The van der Waals surface area contributed by atoms with E-state index in [1.165, 1.54) is 0 Å². The maximum atomic E-state index is 13.9. The summed E-state index contributed by atoms with van der Waals surface area (Å²) in [6, 6.07) is 0. The van der Waals surface area contributed by atoms with Gasteiger partial charge in [0.25, 0.3) is 0 Å². The van der Waals surface area contributed by atoms with Crippen molar-refractivity contribution in [1.82, 2.24) is 0 Å². The molecule has 1 heterocycles. The lowest BCUT2D eigenvalue weighted by Gasteiger charge is -2.30. The molecule has 0 aromatic heterocycles. The highest BCUT2D eigenvalue weighted by Crippen LogP contribution is 2.47. The molecule has 118 valence electrons. The third-order valence-electron chi connectivity index (χ3n) is 3.17. The van der Waals surface area contributed by atoms with E-state index in [9.17, 15) is 17.2 Å². The Hall–Kier alpha value is -0.660. The Labute approximate surface area is 131 Å². The highest BCUT2D eigenvalue weighted by Gasteiger charge is 2.56. The van der Waals surface area contributed by atoms with Crippen LogP contribution in [0.2, 0.25) is 0 Å². The first-order valence-corrected chi connectivity index (χ1v) is 8.28. The molecule has 0 aromatic carbocycles. The summed E-state index contributed by atoms with van der Waals surface area (Å²) < 4.78 is 49.9. The van der Waals surface area contributed by atoms with Crippen LogP contribution in [0.3, 0.4) is 0 Å². The predicted molar refractivity (Wildman–Crippen MR) is 77.3 cm³/mol. The molecule has 0 saturated heterocycles. The number of alkyl halides is 3. The van der Waals surface area contributed by atoms with E-state index in [-0.39, 0.29) is 6.42 Å². The molecule has 0 spiro atoms. The van der Waals surface area contributed by atoms with Gasteiger partial charge in [0, 0.05) is 6.42 Å². The zero-order valence-electron chi connectivity index (χ0n) is 11.2. The molecule has 0 bridgehead atoms. The van der Waals surface area contributed by atoms with E-state index in [1.807, 2.05) is 0 Å². The van der Waals surface area contributed by atoms with E-state index in [0.717, 1.165) is 18.2 Å². The van der Waals surface area contributed by atoms with Crippen LogP contribution in [0.25, 0.3) is 0 Å². The second kappa shape index (κ2) is 5.21. The molecule has 0 radical (unpaired) electrons. The van der Waals surface area contributed by atoms with Crippen molar-refractivity contribution >= 4 is 38.1 Å². The Morgan fingerprint density at radius 3 is 2.57 bits per heavy atom. The number of rotatable bonds is 2. The van der Waals surface area contributed by atoms with Crippen LogP contribution in [0.1, 0.15) is 20.3 Å². The van der Waals surface area contributed by atoms with Gasteiger partial charge in [0.1, 0.15) is 17.6 Å². The molecule has 0 aromatic rings. The van der Waals surface area contributed by atoms with Crippen molar-refractivity contribution in [3.8, 4) is 0 Å². The Morgan fingerprint density at radius 1 is 1.48 bits per heavy atom. The lowest BCUT2D eigenvalue weighted by atomic mass is 9.99. The Bertz CT molecular complexity index is 641. The molecule has 0 amide bonds. The van der Waals surface area contributed by atoms with Crippen LogP contribution in [0.5, 0.6) is 0 Å². The van der Waals surface area contributed by atoms with Gasteiger partial charge in [-0.15, -0.1) is 0 Å². The summed E-state index contributed by atoms with van der Waals surface area (Å²) in [6.45, 7) is 3.23. The van der Waals surface area contributed by atoms with Gasteiger partial charge in [0.2, 0.25) is 13.5 Å². The predicted octanol–water partition coefficient (Wildman–Crippen LogP) is 3.42. The summed E-state index contributed by atoms with van der Waals surface area (Å²) in [4.78, 5) is 4.95. The van der Waals surface area contributed by atoms with Gasteiger partial charge >= 0.3 is 0 Å². The minimum atomic E-state index is -4.47. The van der Waals surface area contributed by atoms with Crippen LogP contribution in [0.4, 0.5) is 8.78 Å². The largest absolute Gasteiger partial charge is 0.389 e. The van der Waals surface area contributed by atoms with Crippen LogP contribution in [0, 0.1) is 5.92 Å². The number of sulfone groups is 1. The topological polar surface area (TPSA) is 55.7 Å². The molecule has 1 aliphatic carbocycles. The van der Waals surface area contributed by atoms with Crippen LogP contribution < -0.4 is 0 Å². The smallest absolute Gasteiger partial charge is 0.235 e. The molecule has 0 N–H and O–H groups in total. The minimum Gasteiger partial charge on any atom is -0.389 e. The maximum Gasteiger partial charge on any atom is 0.235 e. The number of oxime groups is 1. The van der Waals surface area contributed by atoms with Crippen molar-refractivity contribution in [3.05, 3.63) is 24.1 Å². The first kappa shape index (κ1) is 16.7. The minimum absolute atomic E-state index is 0.0820. The first-order valence-electron chi connectivity index (χ1n) is 6.04. The summed E-state index contributed by atoms with van der Waals surface area (Å²) >= 11 is 11.7. The molecule has 2 atom stereocenters. The fourth-order valence-electron chi connectivity index (χ4n) is 2.04. The maximum absolute atomic E-state index is 13.9. The van der Waals surface area contributed by atoms with Crippen molar-refractivity contribution < 1.29 is 22.0 Å². The van der Waals surface area contributed by atoms with Gasteiger partial charge < -0.3 is 4.84 Å². The molecule has 0 saturated carbocycles. The summed E-state index contributed by atoms with van der Waals surface area (Å²) in [6.07, 6.45) is 0.996. The van der Waals surface area contributed by atoms with E-state index >= 15 is 0 Å². The van der Waals surface area contributed by atoms with Gasteiger partial charge in [-0.3, -0.25) is 0 Å². The summed E-state index contributed by atoms with van der Waals surface area (Å²) in [5, 5.41) is 3.02. The van der Waals surface area contributed by atoms with Crippen molar-refractivity contribution in [3.63, 3.8) is 0 Å². The van der Waals surface area contributed by atoms with Gasteiger partial charge in [-0.25, -0.2) is 17.2 Å². The molecule has 0 fully saturated rings. The molecule has 2 rings (SSSR count). The monoisotopic (exact) mass is 359 g/mol. The molecule has 4 nitrogen and oxygen atoms in total. The van der Waals surface area contributed by atoms with Gasteiger partial charge in [-0.1, -0.05) is 34.4 Å². The molecule has 9 heteroatoms. The second-order valence-corrected chi connectivity index (χ2v) is 9.39. The number of halogens is 4. The standard InChI is InChI=1S/C12H13Cl2F2NO3S/c1-11(2)6-9(17-20-11)21(18,19)12(13,14)10-7(15)4-3-5-8(10)16/h3-5,7,10H,6H2,1-2H3.